The summed E-state index contributed by atoms with van der Waals surface area (Å²) < 4.78 is 10.4. The number of rotatable bonds is 9. The molecule has 1 rings (SSSR count). The number of carboxylic acids is 1. The van der Waals surface area contributed by atoms with Crippen molar-refractivity contribution in [2.75, 3.05) is 20.8 Å². The number of methoxy groups -OCH3 is 2. The highest BCUT2D eigenvalue weighted by molar-refractivity contribution is 5.81. The van der Waals surface area contributed by atoms with Crippen LogP contribution in [-0.2, 0) is 11.2 Å². The van der Waals surface area contributed by atoms with Crippen LogP contribution in [0.15, 0.2) is 18.2 Å². The highest BCUT2D eigenvalue weighted by atomic mass is 16.5. The number of ether oxygens (including phenoxy) is 2. The summed E-state index contributed by atoms with van der Waals surface area (Å²) in [6.45, 7) is 3.98. The molecule has 0 bridgehead atoms. The summed E-state index contributed by atoms with van der Waals surface area (Å²) in [6.07, 6.45) is 1.21. The lowest BCUT2D eigenvalue weighted by molar-refractivity contribution is -0.309. The van der Waals surface area contributed by atoms with Gasteiger partial charge < -0.3 is 30.0 Å². The average Bonchev–Trinajstić information content (AvgIpc) is 2.58. The molecule has 2 amide bonds. The van der Waals surface area contributed by atoms with E-state index in [0.29, 0.717) is 30.9 Å². The van der Waals surface area contributed by atoms with Gasteiger partial charge in [-0.25, -0.2) is 4.79 Å². The summed E-state index contributed by atoms with van der Waals surface area (Å²) in [4.78, 5) is 22.9. The second-order valence-corrected chi connectivity index (χ2v) is 5.52. The zero-order valence-corrected chi connectivity index (χ0v) is 14.5. The van der Waals surface area contributed by atoms with E-state index in [1.165, 1.54) is 0 Å². The molecule has 0 unspecified atom stereocenters. The fourth-order valence-electron chi connectivity index (χ4n) is 2.22. The number of hydrogen-bond donors (Lipinski definition) is 2. The monoisotopic (exact) mass is 337 g/mol. The highest BCUT2D eigenvalue weighted by Gasteiger charge is 2.19. The molecule has 24 heavy (non-hydrogen) atoms. The number of nitrogens with one attached hydrogen (secondary N) is 2. The number of aliphatic carboxylic acids is 1. The van der Waals surface area contributed by atoms with Crippen molar-refractivity contribution < 1.29 is 24.2 Å². The van der Waals surface area contributed by atoms with Crippen molar-refractivity contribution in [1.82, 2.24) is 10.6 Å². The van der Waals surface area contributed by atoms with Gasteiger partial charge >= 0.3 is 6.03 Å². The van der Waals surface area contributed by atoms with Gasteiger partial charge in [-0.3, -0.25) is 0 Å². The molecule has 1 aromatic rings. The summed E-state index contributed by atoms with van der Waals surface area (Å²) in [5, 5.41) is 16.2. The predicted octanol–water partition coefficient (Wildman–Crippen LogP) is 0.710. The molecule has 0 aliphatic rings. The Morgan fingerprint density at radius 3 is 2.42 bits per heavy atom. The molecule has 0 heterocycles. The molecule has 0 aliphatic carbocycles. The van der Waals surface area contributed by atoms with Crippen LogP contribution in [-0.4, -0.2) is 38.8 Å². The van der Waals surface area contributed by atoms with Crippen LogP contribution in [0.3, 0.4) is 0 Å². The average molecular weight is 337 g/mol. The Kier molecular flexibility index (Phi) is 7.88. The molecule has 0 radical (unpaired) electrons. The van der Waals surface area contributed by atoms with Crippen molar-refractivity contribution in [1.29, 1.82) is 0 Å². The summed E-state index contributed by atoms with van der Waals surface area (Å²) >= 11 is 0. The fraction of sp³-hybridized carbons (Fsp3) is 0.529. The highest BCUT2D eigenvalue weighted by Crippen LogP contribution is 2.27. The maximum absolute atomic E-state index is 11.8. The predicted molar refractivity (Wildman–Crippen MR) is 88.0 cm³/mol. The Balaban J connectivity index is 2.52. The van der Waals surface area contributed by atoms with Gasteiger partial charge in [0.1, 0.15) is 0 Å². The minimum Gasteiger partial charge on any atom is -0.548 e. The van der Waals surface area contributed by atoms with E-state index >= 15 is 0 Å². The summed E-state index contributed by atoms with van der Waals surface area (Å²) in [7, 11) is 3.12. The van der Waals surface area contributed by atoms with Gasteiger partial charge in [0.15, 0.2) is 11.5 Å². The van der Waals surface area contributed by atoms with Crippen LogP contribution in [0.2, 0.25) is 0 Å². The molecule has 134 valence electrons. The zero-order chi connectivity index (χ0) is 18.1. The van der Waals surface area contributed by atoms with Gasteiger partial charge in [0.05, 0.1) is 26.2 Å². The standard InChI is InChI=1S/C17H26N2O5/c1-5-11(2)15(16(20)21)19-17(22)18-9-8-12-6-7-13(23-3)14(10-12)24-4/h6-7,10-11,15H,5,8-9H2,1-4H3,(H,20,21)(H2,18,19,22)/p-1/t11-,15+/m1/s1. The normalized spacial score (nSPS) is 12.8. The van der Waals surface area contributed by atoms with Gasteiger partial charge in [-0.2, -0.15) is 0 Å². The first kappa shape index (κ1) is 19.6. The molecule has 0 aliphatic heterocycles. The third-order valence-corrected chi connectivity index (χ3v) is 3.90. The van der Waals surface area contributed by atoms with Crippen LogP contribution in [0.4, 0.5) is 4.79 Å². The summed E-state index contributed by atoms with van der Waals surface area (Å²) in [6, 6.07) is 3.98. The molecule has 7 heteroatoms. The van der Waals surface area contributed by atoms with Crippen molar-refractivity contribution in [2.45, 2.75) is 32.7 Å². The van der Waals surface area contributed by atoms with Crippen LogP contribution in [0.1, 0.15) is 25.8 Å². The van der Waals surface area contributed by atoms with Crippen LogP contribution in [0, 0.1) is 5.92 Å². The number of carbonyl (C=O) groups is 2. The van der Waals surface area contributed by atoms with Crippen molar-refractivity contribution >= 4 is 12.0 Å². The van der Waals surface area contributed by atoms with E-state index < -0.39 is 18.0 Å². The number of carboxylic acid groups (broad SMARTS) is 1. The Hall–Kier alpha value is -2.44. The zero-order valence-electron chi connectivity index (χ0n) is 14.5. The van der Waals surface area contributed by atoms with Gasteiger partial charge in [-0.15, -0.1) is 0 Å². The molecule has 2 atom stereocenters. The molecule has 0 fully saturated rings. The van der Waals surface area contributed by atoms with E-state index in [9.17, 15) is 14.7 Å². The van der Waals surface area contributed by atoms with Gasteiger partial charge in [-0.05, 0) is 30.0 Å². The molecule has 0 saturated heterocycles. The number of carbonyl (C=O) groups excluding carboxylic acids is 2. The first-order valence-corrected chi connectivity index (χ1v) is 7.89. The minimum atomic E-state index is -1.28. The molecule has 0 saturated carbocycles. The Morgan fingerprint density at radius 2 is 1.88 bits per heavy atom. The summed E-state index contributed by atoms with van der Waals surface area (Å²) in [5.74, 6) is -0.225. The molecule has 0 aromatic heterocycles. The fourth-order valence-corrected chi connectivity index (χ4v) is 2.22. The van der Waals surface area contributed by atoms with Gasteiger partial charge in [0, 0.05) is 6.54 Å². The maximum atomic E-state index is 11.8. The van der Waals surface area contributed by atoms with E-state index in [1.54, 1.807) is 27.2 Å². The van der Waals surface area contributed by atoms with Crippen molar-refractivity contribution in [3.05, 3.63) is 23.8 Å². The smallest absolute Gasteiger partial charge is 0.315 e. The number of urea groups is 1. The largest absolute Gasteiger partial charge is 0.548 e. The number of benzene rings is 1. The number of hydrogen-bond acceptors (Lipinski definition) is 5. The first-order chi connectivity index (χ1) is 11.4. The lowest BCUT2D eigenvalue weighted by Crippen LogP contribution is -2.54. The Labute approximate surface area is 142 Å². The minimum absolute atomic E-state index is 0.202. The molecule has 0 spiro atoms. The Morgan fingerprint density at radius 1 is 1.21 bits per heavy atom. The third kappa shape index (κ3) is 5.64. The maximum Gasteiger partial charge on any atom is 0.315 e. The first-order valence-electron chi connectivity index (χ1n) is 7.89. The quantitative estimate of drug-likeness (QED) is 0.691. The molecule has 7 nitrogen and oxygen atoms in total. The van der Waals surface area contributed by atoms with E-state index in [0.717, 1.165) is 5.56 Å². The van der Waals surface area contributed by atoms with E-state index in [1.807, 2.05) is 19.1 Å². The van der Waals surface area contributed by atoms with Crippen LogP contribution in [0.25, 0.3) is 0 Å². The van der Waals surface area contributed by atoms with Crippen LogP contribution >= 0.6 is 0 Å². The lowest BCUT2D eigenvalue weighted by atomic mass is 9.99. The van der Waals surface area contributed by atoms with Crippen molar-refractivity contribution in [3.8, 4) is 11.5 Å². The van der Waals surface area contributed by atoms with Gasteiger partial charge in [0.2, 0.25) is 0 Å². The van der Waals surface area contributed by atoms with Crippen LogP contribution in [0.5, 0.6) is 11.5 Å². The third-order valence-electron chi connectivity index (χ3n) is 3.90. The van der Waals surface area contributed by atoms with E-state index in [4.69, 9.17) is 9.47 Å². The van der Waals surface area contributed by atoms with E-state index in [-0.39, 0.29) is 5.92 Å². The van der Waals surface area contributed by atoms with Crippen molar-refractivity contribution in [2.24, 2.45) is 5.92 Å². The molecular formula is C17H25N2O5-. The van der Waals surface area contributed by atoms with Gasteiger partial charge in [0.25, 0.3) is 0 Å². The SMILES string of the molecule is CC[C@@H](C)[C@H](NC(=O)NCCc1ccc(OC)c(OC)c1)C(=O)[O-]. The molecular weight excluding hydrogens is 312 g/mol. The number of amides is 2. The second-order valence-electron chi connectivity index (χ2n) is 5.52. The summed E-state index contributed by atoms with van der Waals surface area (Å²) in [5.41, 5.74) is 0.964. The van der Waals surface area contributed by atoms with Crippen molar-refractivity contribution in [3.63, 3.8) is 0 Å². The van der Waals surface area contributed by atoms with Gasteiger partial charge in [-0.1, -0.05) is 26.3 Å². The topological polar surface area (TPSA) is 99.7 Å². The second kappa shape index (κ2) is 9.64. The van der Waals surface area contributed by atoms with E-state index in [2.05, 4.69) is 10.6 Å². The molecule has 1 aromatic carbocycles. The Bertz CT molecular complexity index is 562. The lowest BCUT2D eigenvalue weighted by Gasteiger charge is -2.25. The van der Waals surface area contributed by atoms with Crippen LogP contribution < -0.4 is 25.2 Å². The molecule has 2 N–H and O–H groups in total.